The van der Waals surface area contributed by atoms with E-state index in [1.165, 1.54) is 23.0 Å². The second-order valence-electron chi connectivity index (χ2n) is 7.69. The normalized spacial score (nSPS) is 16.9. The molecular formula is C22H18ClF3N4O2S. The Balaban J connectivity index is 1.61. The Morgan fingerprint density at radius 1 is 1.21 bits per heavy atom. The average Bonchev–Trinajstić information content (AvgIpc) is 3.24. The number of fused-ring (bicyclic) bond motifs is 1. The van der Waals surface area contributed by atoms with Crippen molar-refractivity contribution < 1.29 is 22.8 Å². The minimum Gasteiger partial charge on any atom is -0.326 e. The maximum absolute atomic E-state index is 13.4. The highest BCUT2D eigenvalue weighted by molar-refractivity contribution is 8.18. The van der Waals surface area contributed by atoms with Crippen LogP contribution in [0.4, 0.5) is 18.0 Å². The van der Waals surface area contributed by atoms with Gasteiger partial charge in [0, 0.05) is 23.0 Å². The molecule has 0 radical (unpaired) electrons. The van der Waals surface area contributed by atoms with Crippen molar-refractivity contribution in [2.75, 3.05) is 6.54 Å². The smallest absolute Gasteiger partial charge is 0.326 e. The minimum absolute atomic E-state index is 0.00590. The average molecular weight is 495 g/mol. The molecule has 0 spiro atoms. The van der Waals surface area contributed by atoms with Crippen LogP contribution >= 0.6 is 23.4 Å². The molecule has 0 saturated carbocycles. The molecule has 11 heteroatoms. The molecule has 33 heavy (non-hydrogen) atoms. The Morgan fingerprint density at radius 2 is 1.97 bits per heavy atom. The second-order valence-corrected chi connectivity index (χ2v) is 9.12. The maximum atomic E-state index is 13.4. The van der Waals surface area contributed by atoms with Crippen LogP contribution in [0.5, 0.6) is 0 Å². The van der Waals surface area contributed by atoms with Gasteiger partial charge in [0.05, 0.1) is 28.7 Å². The van der Waals surface area contributed by atoms with Crippen molar-refractivity contribution in [2.24, 2.45) is 5.73 Å². The zero-order valence-corrected chi connectivity index (χ0v) is 18.8. The standard InChI is InChI=1S/C22H18ClF3N4O2S/c1-12(27)10-29-20(31)19(33-21(29)32)7-13-2-5-18-15(6-13)9-28-30(18)11-14-3-4-16(23)8-17(14)22(24,25)26/h2-9,12H,10-11,27H2,1H3/t12-/m0/s1. The van der Waals surface area contributed by atoms with Crippen molar-refractivity contribution in [3.8, 4) is 0 Å². The van der Waals surface area contributed by atoms with Crippen LogP contribution in [-0.4, -0.2) is 38.4 Å². The molecule has 2 aromatic carbocycles. The van der Waals surface area contributed by atoms with Crippen molar-refractivity contribution in [3.63, 3.8) is 0 Å². The molecule has 2 heterocycles. The number of amides is 2. The van der Waals surface area contributed by atoms with Gasteiger partial charge in [0.1, 0.15) is 0 Å². The molecule has 2 amide bonds. The lowest BCUT2D eigenvalue weighted by Gasteiger charge is -2.14. The van der Waals surface area contributed by atoms with Crippen LogP contribution in [0.3, 0.4) is 0 Å². The monoisotopic (exact) mass is 494 g/mol. The van der Waals surface area contributed by atoms with Gasteiger partial charge in [-0.2, -0.15) is 18.3 Å². The first-order chi connectivity index (χ1) is 15.5. The predicted molar refractivity (Wildman–Crippen MR) is 122 cm³/mol. The Hall–Kier alpha value is -2.82. The summed E-state index contributed by atoms with van der Waals surface area (Å²) in [6.07, 6.45) is -1.40. The van der Waals surface area contributed by atoms with Crippen molar-refractivity contribution in [2.45, 2.75) is 25.7 Å². The summed E-state index contributed by atoms with van der Waals surface area (Å²) in [7, 11) is 0. The zero-order valence-electron chi connectivity index (χ0n) is 17.3. The first-order valence-corrected chi connectivity index (χ1v) is 11.0. The lowest BCUT2D eigenvalue weighted by molar-refractivity contribution is -0.138. The van der Waals surface area contributed by atoms with E-state index >= 15 is 0 Å². The summed E-state index contributed by atoms with van der Waals surface area (Å²) in [6.45, 7) is 1.75. The van der Waals surface area contributed by atoms with Gasteiger partial charge in [-0.25, -0.2) is 0 Å². The van der Waals surface area contributed by atoms with E-state index in [0.717, 1.165) is 22.7 Å². The fourth-order valence-corrected chi connectivity index (χ4v) is 4.55. The Kier molecular flexibility index (Phi) is 6.26. The van der Waals surface area contributed by atoms with Crippen LogP contribution in [0.2, 0.25) is 5.02 Å². The number of imide groups is 1. The molecule has 1 aromatic heterocycles. The second kappa shape index (κ2) is 8.85. The molecular weight excluding hydrogens is 477 g/mol. The summed E-state index contributed by atoms with van der Waals surface area (Å²) in [5.74, 6) is -0.402. The van der Waals surface area contributed by atoms with Crippen molar-refractivity contribution in [3.05, 3.63) is 69.2 Å². The molecule has 0 unspecified atom stereocenters. The van der Waals surface area contributed by atoms with E-state index in [0.29, 0.717) is 16.5 Å². The topological polar surface area (TPSA) is 81.2 Å². The van der Waals surface area contributed by atoms with Gasteiger partial charge in [-0.15, -0.1) is 0 Å². The Labute approximate surface area is 196 Å². The van der Waals surface area contributed by atoms with E-state index in [-0.39, 0.29) is 39.9 Å². The van der Waals surface area contributed by atoms with Crippen LogP contribution in [0.1, 0.15) is 23.6 Å². The third kappa shape index (κ3) is 4.92. The third-order valence-electron chi connectivity index (χ3n) is 5.01. The van der Waals surface area contributed by atoms with Gasteiger partial charge in [-0.05, 0) is 60.2 Å². The number of nitrogens with zero attached hydrogens (tertiary/aromatic N) is 3. The number of hydrogen-bond donors (Lipinski definition) is 1. The number of carbonyl (C=O) groups excluding carboxylic acids is 2. The number of nitrogens with two attached hydrogens (primary N) is 1. The molecule has 0 bridgehead atoms. The van der Waals surface area contributed by atoms with Crippen LogP contribution in [-0.2, 0) is 17.5 Å². The minimum atomic E-state index is -4.54. The quantitative estimate of drug-likeness (QED) is 0.497. The summed E-state index contributed by atoms with van der Waals surface area (Å²) >= 11 is 6.60. The number of thioether (sulfide) groups is 1. The van der Waals surface area contributed by atoms with Gasteiger partial charge >= 0.3 is 6.18 Å². The Morgan fingerprint density at radius 3 is 2.67 bits per heavy atom. The van der Waals surface area contributed by atoms with Crippen LogP contribution in [0.25, 0.3) is 17.0 Å². The highest BCUT2D eigenvalue weighted by Gasteiger charge is 2.35. The van der Waals surface area contributed by atoms with E-state index in [1.807, 2.05) is 0 Å². The molecule has 1 aliphatic rings. The van der Waals surface area contributed by atoms with E-state index in [2.05, 4.69) is 5.10 Å². The molecule has 0 aliphatic carbocycles. The lowest BCUT2D eigenvalue weighted by Crippen LogP contribution is -2.38. The number of benzene rings is 2. The Bertz CT molecular complexity index is 1290. The number of alkyl halides is 3. The highest BCUT2D eigenvalue weighted by Crippen LogP contribution is 2.35. The van der Waals surface area contributed by atoms with Gasteiger partial charge in [-0.1, -0.05) is 23.7 Å². The van der Waals surface area contributed by atoms with Crippen LogP contribution in [0.15, 0.2) is 47.5 Å². The largest absolute Gasteiger partial charge is 0.416 e. The highest BCUT2D eigenvalue weighted by atomic mass is 35.5. The van der Waals surface area contributed by atoms with Crippen LogP contribution in [0, 0.1) is 0 Å². The molecule has 2 N–H and O–H groups in total. The molecule has 172 valence electrons. The fraction of sp³-hybridized carbons (Fsp3) is 0.227. The SMILES string of the molecule is C[C@H](N)CN1C(=O)SC(=Cc2ccc3c(cnn3Cc3ccc(Cl)cc3C(F)(F)F)c2)C1=O. The van der Waals surface area contributed by atoms with E-state index in [4.69, 9.17) is 17.3 Å². The molecule has 4 rings (SSSR count). The number of carbonyl (C=O) groups is 2. The number of hydrogen-bond acceptors (Lipinski definition) is 5. The van der Waals surface area contributed by atoms with Crippen LogP contribution < -0.4 is 5.73 Å². The summed E-state index contributed by atoms with van der Waals surface area (Å²) in [6, 6.07) is 8.50. The summed E-state index contributed by atoms with van der Waals surface area (Å²) in [4.78, 5) is 26.0. The van der Waals surface area contributed by atoms with Gasteiger partial charge < -0.3 is 5.73 Å². The van der Waals surface area contributed by atoms with Gasteiger partial charge in [-0.3, -0.25) is 19.2 Å². The maximum Gasteiger partial charge on any atom is 0.416 e. The first-order valence-electron chi connectivity index (χ1n) is 9.85. The lowest BCUT2D eigenvalue weighted by atomic mass is 10.1. The van der Waals surface area contributed by atoms with Crippen molar-refractivity contribution >= 4 is 51.5 Å². The number of rotatable bonds is 5. The van der Waals surface area contributed by atoms with Gasteiger partial charge in [0.25, 0.3) is 11.1 Å². The first kappa shape index (κ1) is 23.3. The molecule has 3 aromatic rings. The summed E-state index contributed by atoms with van der Waals surface area (Å²) in [5.41, 5.74) is 6.23. The summed E-state index contributed by atoms with van der Waals surface area (Å²) in [5, 5.41) is 4.54. The van der Waals surface area contributed by atoms with Crippen molar-refractivity contribution in [1.82, 2.24) is 14.7 Å². The molecule has 1 fully saturated rings. The van der Waals surface area contributed by atoms with E-state index in [9.17, 15) is 22.8 Å². The predicted octanol–water partition coefficient (Wildman–Crippen LogP) is 5.14. The molecule has 1 atom stereocenters. The molecule has 1 aliphatic heterocycles. The van der Waals surface area contributed by atoms with Crippen molar-refractivity contribution in [1.29, 1.82) is 0 Å². The number of aromatic nitrogens is 2. The van der Waals surface area contributed by atoms with E-state index < -0.39 is 17.6 Å². The molecule has 1 saturated heterocycles. The van der Waals surface area contributed by atoms with Gasteiger partial charge in [0.15, 0.2) is 0 Å². The van der Waals surface area contributed by atoms with Gasteiger partial charge in [0.2, 0.25) is 0 Å². The zero-order chi connectivity index (χ0) is 23.9. The number of halogens is 4. The molecule has 6 nitrogen and oxygen atoms in total. The third-order valence-corrected chi connectivity index (χ3v) is 6.15. The van der Waals surface area contributed by atoms with E-state index in [1.54, 1.807) is 31.2 Å². The summed E-state index contributed by atoms with van der Waals surface area (Å²) < 4.78 is 41.7. The fourth-order valence-electron chi connectivity index (χ4n) is 3.53.